The zero-order valence-corrected chi connectivity index (χ0v) is 14.5. The van der Waals surface area contributed by atoms with E-state index in [0.29, 0.717) is 6.54 Å². The highest BCUT2D eigenvalue weighted by Gasteiger charge is 2.34. The maximum atomic E-state index is 12.8. The van der Waals surface area contributed by atoms with Crippen LogP contribution in [0.25, 0.3) is 9.88 Å². The maximum absolute atomic E-state index is 12.8. The van der Waals surface area contributed by atoms with E-state index in [-0.39, 0.29) is 17.9 Å². The van der Waals surface area contributed by atoms with Crippen molar-refractivity contribution in [2.45, 2.75) is 26.7 Å². The number of thiazole rings is 1. The first-order valence-corrected chi connectivity index (χ1v) is 9.13. The van der Waals surface area contributed by atoms with Gasteiger partial charge in [0.2, 0.25) is 0 Å². The molecule has 1 atom stereocenters. The van der Waals surface area contributed by atoms with Crippen molar-refractivity contribution in [3.05, 3.63) is 28.1 Å². The topological polar surface area (TPSA) is 53.4 Å². The molecule has 0 saturated carbocycles. The zero-order valence-electron chi connectivity index (χ0n) is 12.8. The summed E-state index contributed by atoms with van der Waals surface area (Å²) in [4.78, 5) is 21.1. The number of aliphatic hydroxyl groups is 1. The SMILES string of the molecule is Cc1nc(-c2cccs2)sc1C(=O)N1CCC[C@@](C)(CO)C1. The number of nitrogens with zero attached hydrogens (tertiary/aromatic N) is 2. The molecule has 0 unspecified atom stereocenters. The Bertz CT molecular complexity index is 666. The summed E-state index contributed by atoms with van der Waals surface area (Å²) in [5.41, 5.74) is 0.623. The van der Waals surface area contributed by atoms with E-state index < -0.39 is 0 Å². The molecule has 1 fully saturated rings. The Morgan fingerprint density at radius 1 is 1.55 bits per heavy atom. The largest absolute Gasteiger partial charge is 0.396 e. The normalized spacial score (nSPS) is 22.0. The number of hydrogen-bond donors (Lipinski definition) is 1. The van der Waals surface area contributed by atoms with Crippen LogP contribution in [0.5, 0.6) is 0 Å². The zero-order chi connectivity index (χ0) is 15.7. The number of carbonyl (C=O) groups excluding carboxylic acids is 1. The standard InChI is InChI=1S/C16H20N2O2S2/c1-11-13(22-14(17-11)12-5-3-8-21-12)15(20)18-7-4-6-16(2,9-18)10-19/h3,5,8,19H,4,6-7,9-10H2,1-2H3/t16-/m1/s1. The van der Waals surface area contributed by atoms with Crippen LogP contribution in [-0.4, -0.2) is 40.6 Å². The molecule has 1 aliphatic rings. The minimum absolute atomic E-state index is 0.0529. The van der Waals surface area contributed by atoms with Gasteiger partial charge in [-0.25, -0.2) is 4.98 Å². The van der Waals surface area contributed by atoms with Crippen LogP contribution in [0.2, 0.25) is 0 Å². The van der Waals surface area contributed by atoms with E-state index in [4.69, 9.17) is 0 Å². The molecule has 3 heterocycles. The monoisotopic (exact) mass is 336 g/mol. The lowest BCUT2D eigenvalue weighted by atomic mass is 9.83. The van der Waals surface area contributed by atoms with Crippen LogP contribution in [0.3, 0.4) is 0 Å². The van der Waals surface area contributed by atoms with Crippen molar-refractivity contribution in [3.8, 4) is 9.88 Å². The van der Waals surface area contributed by atoms with Crippen LogP contribution in [0.15, 0.2) is 17.5 Å². The van der Waals surface area contributed by atoms with Crippen molar-refractivity contribution in [2.75, 3.05) is 19.7 Å². The van der Waals surface area contributed by atoms with Gasteiger partial charge in [-0.15, -0.1) is 22.7 Å². The fourth-order valence-electron chi connectivity index (χ4n) is 2.86. The van der Waals surface area contributed by atoms with E-state index in [1.807, 2.05) is 36.3 Å². The summed E-state index contributed by atoms with van der Waals surface area (Å²) in [6.45, 7) is 5.45. The van der Waals surface area contributed by atoms with Crippen molar-refractivity contribution >= 4 is 28.6 Å². The number of hydrogen-bond acceptors (Lipinski definition) is 5. The minimum Gasteiger partial charge on any atom is -0.396 e. The summed E-state index contributed by atoms with van der Waals surface area (Å²) in [5, 5.41) is 12.5. The highest BCUT2D eigenvalue weighted by molar-refractivity contribution is 7.22. The fraction of sp³-hybridized carbons (Fsp3) is 0.500. The third-order valence-corrected chi connectivity index (χ3v) is 6.36. The molecule has 4 nitrogen and oxygen atoms in total. The molecule has 0 bridgehead atoms. The van der Waals surface area contributed by atoms with E-state index in [1.165, 1.54) is 11.3 Å². The van der Waals surface area contributed by atoms with Gasteiger partial charge in [0.25, 0.3) is 5.91 Å². The second-order valence-electron chi connectivity index (χ2n) is 6.21. The van der Waals surface area contributed by atoms with Crippen LogP contribution in [-0.2, 0) is 0 Å². The molecule has 0 aliphatic carbocycles. The molecular formula is C16H20N2O2S2. The van der Waals surface area contributed by atoms with E-state index in [0.717, 1.165) is 39.8 Å². The van der Waals surface area contributed by atoms with E-state index in [1.54, 1.807) is 11.3 Å². The summed E-state index contributed by atoms with van der Waals surface area (Å²) in [5.74, 6) is 0.0529. The summed E-state index contributed by atoms with van der Waals surface area (Å²) < 4.78 is 0. The van der Waals surface area contributed by atoms with E-state index >= 15 is 0 Å². The van der Waals surface area contributed by atoms with Gasteiger partial charge < -0.3 is 10.0 Å². The third-order valence-electron chi connectivity index (χ3n) is 4.17. The summed E-state index contributed by atoms with van der Waals surface area (Å²) in [6, 6.07) is 4.02. The number of thiophene rings is 1. The Labute approximate surface area is 138 Å². The second kappa shape index (κ2) is 6.10. The summed E-state index contributed by atoms with van der Waals surface area (Å²) >= 11 is 3.11. The highest BCUT2D eigenvalue weighted by Crippen LogP contribution is 2.34. The van der Waals surface area contributed by atoms with Gasteiger partial charge in [0.1, 0.15) is 9.88 Å². The number of carbonyl (C=O) groups is 1. The van der Waals surface area contributed by atoms with Crippen molar-refractivity contribution in [1.29, 1.82) is 0 Å². The predicted molar refractivity (Wildman–Crippen MR) is 90.5 cm³/mol. The van der Waals surface area contributed by atoms with Gasteiger partial charge >= 0.3 is 0 Å². The Kier molecular flexibility index (Phi) is 4.34. The molecule has 2 aromatic heterocycles. The van der Waals surface area contributed by atoms with Crippen molar-refractivity contribution in [3.63, 3.8) is 0 Å². The Morgan fingerprint density at radius 3 is 3.05 bits per heavy atom. The van der Waals surface area contributed by atoms with Crippen LogP contribution in [0.4, 0.5) is 0 Å². The Hall–Kier alpha value is -1.24. The molecule has 1 N–H and O–H groups in total. The summed E-state index contributed by atoms with van der Waals surface area (Å²) in [6.07, 6.45) is 1.91. The smallest absolute Gasteiger partial charge is 0.265 e. The molecule has 3 rings (SSSR count). The highest BCUT2D eigenvalue weighted by atomic mass is 32.1. The maximum Gasteiger partial charge on any atom is 0.265 e. The molecule has 22 heavy (non-hydrogen) atoms. The third kappa shape index (κ3) is 2.95. The van der Waals surface area contributed by atoms with E-state index in [9.17, 15) is 9.90 Å². The van der Waals surface area contributed by atoms with Gasteiger partial charge in [0.15, 0.2) is 0 Å². The predicted octanol–water partition coefficient (Wildman–Crippen LogP) is 3.41. The number of aliphatic hydroxyl groups excluding tert-OH is 1. The second-order valence-corrected chi connectivity index (χ2v) is 8.16. The number of piperidine rings is 1. The van der Waals surface area contributed by atoms with Crippen molar-refractivity contribution < 1.29 is 9.90 Å². The van der Waals surface area contributed by atoms with Gasteiger partial charge in [0, 0.05) is 18.5 Å². The molecule has 1 saturated heterocycles. The lowest BCUT2D eigenvalue weighted by Crippen LogP contribution is -2.46. The number of aryl methyl sites for hydroxylation is 1. The average molecular weight is 336 g/mol. The molecule has 0 aromatic carbocycles. The fourth-order valence-corrected chi connectivity index (χ4v) is 4.69. The first-order chi connectivity index (χ1) is 10.5. The average Bonchev–Trinajstić information content (AvgIpc) is 3.16. The van der Waals surface area contributed by atoms with Gasteiger partial charge in [-0.1, -0.05) is 13.0 Å². The molecule has 1 aliphatic heterocycles. The number of likely N-dealkylation sites (tertiary alicyclic amines) is 1. The number of amides is 1. The quantitative estimate of drug-likeness (QED) is 0.934. The van der Waals surface area contributed by atoms with Crippen LogP contribution in [0, 0.1) is 12.3 Å². The Balaban J connectivity index is 1.83. The number of aromatic nitrogens is 1. The van der Waals surface area contributed by atoms with Gasteiger partial charge in [-0.05, 0) is 31.2 Å². The minimum atomic E-state index is -0.177. The van der Waals surface area contributed by atoms with Gasteiger partial charge in [-0.3, -0.25) is 4.79 Å². The molecule has 6 heteroatoms. The van der Waals surface area contributed by atoms with Crippen LogP contribution < -0.4 is 0 Å². The molecule has 0 radical (unpaired) electrons. The first-order valence-electron chi connectivity index (χ1n) is 7.44. The van der Waals surface area contributed by atoms with Crippen molar-refractivity contribution in [1.82, 2.24) is 9.88 Å². The molecular weight excluding hydrogens is 316 g/mol. The molecule has 2 aromatic rings. The Morgan fingerprint density at radius 2 is 2.36 bits per heavy atom. The lowest BCUT2D eigenvalue weighted by molar-refractivity contribution is 0.0360. The number of rotatable bonds is 3. The molecule has 1 amide bonds. The summed E-state index contributed by atoms with van der Waals surface area (Å²) in [7, 11) is 0. The molecule has 118 valence electrons. The first kappa shape index (κ1) is 15.6. The van der Waals surface area contributed by atoms with Gasteiger partial charge in [-0.2, -0.15) is 0 Å². The van der Waals surface area contributed by atoms with E-state index in [2.05, 4.69) is 4.98 Å². The van der Waals surface area contributed by atoms with Crippen LogP contribution in [0.1, 0.15) is 35.1 Å². The van der Waals surface area contributed by atoms with Gasteiger partial charge in [0.05, 0.1) is 17.2 Å². The molecule has 0 spiro atoms. The van der Waals surface area contributed by atoms with Crippen LogP contribution >= 0.6 is 22.7 Å². The lowest BCUT2D eigenvalue weighted by Gasteiger charge is -2.39. The van der Waals surface area contributed by atoms with Crippen molar-refractivity contribution in [2.24, 2.45) is 5.41 Å².